The highest BCUT2D eigenvalue weighted by atomic mass is 16.5. The number of hydrogen-bond acceptors (Lipinski definition) is 3. The van der Waals surface area contributed by atoms with Crippen LogP contribution in [0.3, 0.4) is 0 Å². The molecule has 0 atom stereocenters. The molecule has 101 valence electrons. The van der Waals surface area contributed by atoms with Crippen LogP contribution in [0, 0.1) is 5.41 Å². The van der Waals surface area contributed by atoms with Crippen LogP contribution in [-0.2, 0) is 11.3 Å². The normalized spacial score (nSPS) is 9.80. The molecule has 0 aliphatic rings. The molecule has 0 heterocycles. The number of rotatable bonds is 3. The summed E-state index contributed by atoms with van der Waals surface area (Å²) in [6.45, 7) is 0.158. The summed E-state index contributed by atoms with van der Waals surface area (Å²) in [7, 11) is 0. The molecule has 0 fully saturated rings. The van der Waals surface area contributed by atoms with E-state index >= 15 is 0 Å². The highest BCUT2D eigenvalue weighted by molar-refractivity contribution is 6.04. The highest BCUT2D eigenvalue weighted by Crippen LogP contribution is 2.07. The van der Waals surface area contributed by atoms with E-state index in [1.54, 1.807) is 24.3 Å². The second kappa shape index (κ2) is 6.38. The van der Waals surface area contributed by atoms with Crippen molar-refractivity contribution in [3.05, 3.63) is 65.7 Å². The van der Waals surface area contributed by atoms with Crippen molar-refractivity contribution in [3.8, 4) is 0 Å². The molecule has 0 aliphatic carbocycles. The van der Waals surface area contributed by atoms with E-state index in [-0.39, 0.29) is 12.4 Å². The Morgan fingerprint density at radius 1 is 1.05 bits per heavy atom. The lowest BCUT2D eigenvalue weighted by atomic mass is 10.2. The molecule has 5 heteroatoms. The van der Waals surface area contributed by atoms with Gasteiger partial charge in [0.25, 0.3) is 0 Å². The Hall–Kier alpha value is -2.82. The lowest BCUT2D eigenvalue weighted by molar-refractivity contribution is 0.145. The van der Waals surface area contributed by atoms with E-state index in [9.17, 15) is 4.79 Å². The van der Waals surface area contributed by atoms with Crippen molar-refractivity contribution in [2.24, 2.45) is 0 Å². The Labute approximate surface area is 116 Å². The molecule has 1 amide bonds. The standard InChI is InChI=1S/C15H14N3O2/c16-13-8-6-12(7-9-13)14(17)18-15(19)20-10-11-4-2-1-3-5-11/h1-9,16H,10H2,(H2,17,18,19). The summed E-state index contributed by atoms with van der Waals surface area (Å²) in [5.41, 5.74) is 9.12. The predicted octanol–water partition coefficient (Wildman–Crippen LogP) is 2.85. The molecule has 0 spiro atoms. The first kappa shape index (κ1) is 13.6. The van der Waals surface area contributed by atoms with Gasteiger partial charge in [0.2, 0.25) is 0 Å². The van der Waals surface area contributed by atoms with Gasteiger partial charge in [-0.05, 0) is 29.8 Å². The van der Waals surface area contributed by atoms with Crippen LogP contribution in [0.15, 0.2) is 54.6 Å². The average Bonchev–Trinajstić information content (AvgIpc) is 2.47. The van der Waals surface area contributed by atoms with Crippen LogP contribution in [0.2, 0.25) is 0 Å². The molecular weight excluding hydrogens is 254 g/mol. The van der Waals surface area contributed by atoms with Gasteiger partial charge in [-0.1, -0.05) is 30.3 Å². The summed E-state index contributed by atoms with van der Waals surface area (Å²) in [6.07, 6.45) is -0.672. The molecule has 0 aliphatic heterocycles. The third-order valence-corrected chi connectivity index (χ3v) is 2.61. The van der Waals surface area contributed by atoms with Gasteiger partial charge in [-0.25, -0.2) is 4.79 Å². The maximum atomic E-state index is 11.6. The van der Waals surface area contributed by atoms with Crippen LogP contribution in [-0.4, -0.2) is 11.9 Å². The van der Waals surface area contributed by atoms with Crippen molar-refractivity contribution in [1.82, 2.24) is 11.1 Å². The molecule has 20 heavy (non-hydrogen) atoms. The summed E-state index contributed by atoms with van der Waals surface area (Å²) in [5, 5.41) is 10.1. The fourth-order valence-electron chi connectivity index (χ4n) is 1.57. The summed E-state index contributed by atoms with van der Waals surface area (Å²) in [5.74, 6) is -0.0527. The molecular formula is C15H14N3O2. The summed E-state index contributed by atoms with van der Waals surface area (Å²) >= 11 is 0. The number of carbonyl (C=O) groups is 1. The Morgan fingerprint density at radius 2 is 1.70 bits per heavy atom. The van der Waals surface area contributed by atoms with Crippen molar-refractivity contribution in [2.45, 2.75) is 6.61 Å². The maximum absolute atomic E-state index is 11.6. The quantitative estimate of drug-likeness (QED) is 0.662. The molecule has 2 rings (SSSR count). The molecule has 2 aromatic carbocycles. The molecule has 0 unspecified atom stereocenters. The monoisotopic (exact) mass is 268 g/mol. The van der Waals surface area contributed by atoms with Gasteiger partial charge in [0.15, 0.2) is 0 Å². The minimum absolute atomic E-state index is 0.0527. The number of ether oxygens (including phenoxy) is 1. The number of amides is 1. The number of amidine groups is 1. The van der Waals surface area contributed by atoms with Crippen molar-refractivity contribution in [1.29, 1.82) is 5.41 Å². The van der Waals surface area contributed by atoms with Gasteiger partial charge < -0.3 is 10.5 Å². The third kappa shape index (κ3) is 3.84. The van der Waals surface area contributed by atoms with Crippen molar-refractivity contribution < 1.29 is 9.53 Å². The molecule has 0 bridgehead atoms. The van der Waals surface area contributed by atoms with E-state index in [0.717, 1.165) is 5.56 Å². The first-order chi connectivity index (χ1) is 9.65. The van der Waals surface area contributed by atoms with E-state index < -0.39 is 6.09 Å². The van der Waals surface area contributed by atoms with E-state index in [2.05, 4.69) is 5.32 Å². The largest absolute Gasteiger partial charge is 0.444 e. The van der Waals surface area contributed by atoms with Crippen LogP contribution in [0.25, 0.3) is 0 Å². The van der Waals surface area contributed by atoms with Crippen LogP contribution in [0.4, 0.5) is 10.5 Å². The van der Waals surface area contributed by atoms with Crippen molar-refractivity contribution in [3.63, 3.8) is 0 Å². The molecule has 2 aromatic rings. The molecule has 3 N–H and O–H groups in total. The lowest BCUT2D eigenvalue weighted by Crippen LogP contribution is -2.30. The maximum Gasteiger partial charge on any atom is 0.413 e. The second-order valence-electron chi connectivity index (χ2n) is 4.14. The Kier molecular flexibility index (Phi) is 4.34. The number of benzene rings is 2. The number of alkyl carbamates (subject to hydrolysis) is 1. The van der Waals surface area contributed by atoms with Crippen LogP contribution in [0.5, 0.6) is 0 Å². The third-order valence-electron chi connectivity index (χ3n) is 2.61. The smallest absolute Gasteiger partial charge is 0.413 e. The molecule has 0 saturated heterocycles. The molecule has 0 aromatic heterocycles. The van der Waals surface area contributed by atoms with Gasteiger partial charge in [-0.15, -0.1) is 0 Å². The van der Waals surface area contributed by atoms with Gasteiger partial charge in [0.1, 0.15) is 12.4 Å². The SMILES string of the molecule is [NH]c1ccc(C(=N)NC(=O)OCc2ccccc2)cc1. The van der Waals surface area contributed by atoms with E-state index in [0.29, 0.717) is 11.3 Å². The van der Waals surface area contributed by atoms with Gasteiger partial charge in [0, 0.05) is 5.56 Å². The second-order valence-corrected chi connectivity index (χ2v) is 4.14. The fourth-order valence-corrected chi connectivity index (χ4v) is 1.57. The Morgan fingerprint density at radius 3 is 2.35 bits per heavy atom. The van der Waals surface area contributed by atoms with Crippen LogP contribution >= 0.6 is 0 Å². The summed E-state index contributed by atoms with van der Waals surface area (Å²) in [6, 6.07) is 15.6. The summed E-state index contributed by atoms with van der Waals surface area (Å²) in [4.78, 5) is 11.6. The first-order valence-electron chi connectivity index (χ1n) is 6.03. The summed E-state index contributed by atoms with van der Waals surface area (Å²) < 4.78 is 5.02. The van der Waals surface area contributed by atoms with Gasteiger partial charge in [-0.2, -0.15) is 0 Å². The lowest BCUT2D eigenvalue weighted by Gasteiger charge is -2.08. The average molecular weight is 268 g/mol. The molecule has 0 saturated carbocycles. The number of hydrogen-bond donors (Lipinski definition) is 2. The zero-order valence-corrected chi connectivity index (χ0v) is 10.7. The fraction of sp³-hybridized carbons (Fsp3) is 0.0667. The van der Waals surface area contributed by atoms with Crippen molar-refractivity contribution >= 4 is 17.6 Å². The minimum Gasteiger partial charge on any atom is -0.444 e. The van der Waals surface area contributed by atoms with Crippen molar-refractivity contribution in [2.75, 3.05) is 0 Å². The number of carbonyl (C=O) groups excluding carboxylic acids is 1. The minimum atomic E-state index is -0.672. The van der Waals surface area contributed by atoms with E-state index in [1.807, 2.05) is 30.3 Å². The zero-order chi connectivity index (χ0) is 14.4. The Balaban J connectivity index is 1.85. The molecule has 1 radical (unpaired) electrons. The van der Waals surface area contributed by atoms with Gasteiger partial charge in [0.05, 0.1) is 5.69 Å². The first-order valence-corrected chi connectivity index (χ1v) is 6.03. The van der Waals surface area contributed by atoms with Gasteiger partial charge >= 0.3 is 6.09 Å². The highest BCUT2D eigenvalue weighted by Gasteiger charge is 2.07. The van der Waals surface area contributed by atoms with Crippen LogP contribution in [0.1, 0.15) is 11.1 Å². The van der Waals surface area contributed by atoms with Gasteiger partial charge in [-0.3, -0.25) is 10.7 Å². The van der Waals surface area contributed by atoms with E-state index in [4.69, 9.17) is 15.9 Å². The Bertz CT molecular complexity index is 594. The van der Waals surface area contributed by atoms with E-state index in [1.165, 1.54) is 0 Å². The topological polar surface area (TPSA) is 86.0 Å². The molecule has 5 nitrogen and oxygen atoms in total. The van der Waals surface area contributed by atoms with Crippen LogP contribution < -0.4 is 11.1 Å². The zero-order valence-electron chi connectivity index (χ0n) is 10.7. The predicted molar refractivity (Wildman–Crippen MR) is 75.8 cm³/mol. The number of nitrogens with one attached hydrogen (secondary N) is 3.